The zero-order valence-corrected chi connectivity index (χ0v) is 19.5. The van der Waals surface area contributed by atoms with E-state index in [0.717, 1.165) is 32.4 Å². The molecule has 1 aliphatic carbocycles. The van der Waals surface area contributed by atoms with Gasteiger partial charge in [0.1, 0.15) is 5.60 Å². The molecular formula is C25H36N2O4. The van der Waals surface area contributed by atoms with Crippen LogP contribution >= 0.6 is 0 Å². The number of piperidine rings is 1. The lowest BCUT2D eigenvalue weighted by Crippen LogP contribution is -2.51. The van der Waals surface area contributed by atoms with E-state index in [9.17, 15) is 9.59 Å². The highest BCUT2D eigenvalue weighted by Gasteiger charge is 2.48. The van der Waals surface area contributed by atoms with Gasteiger partial charge in [-0.1, -0.05) is 42.0 Å². The first kappa shape index (κ1) is 23.3. The van der Waals surface area contributed by atoms with Crippen molar-refractivity contribution in [2.24, 2.45) is 5.92 Å². The number of likely N-dealkylation sites (tertiary alicyclic amines) is 1. The van der Waals surface area contributed by atoms with Crippen molar-refractivity contribution in [1.29, 1.82) is 0 Å². The number of benzene rings is 1. The number of methoxy groups -OCH3 is 1. The molecule has 1 aromatic rings. The van der Waals surface area contributed by atoms with Gasteiger partial charge in [-0.25, -0.2) is 4.79 Å². The van der Waals surface area contributed by atoms with Crippen molar-refractivity contribution < 1.29 is 19.1 Å². The highest BCUT2D eigenvalue weighted by molar-refractivity contribution is 5.71. The van der Waals surface area contributed by atoms with E-state index < -0.39 is 5.60 Å². The predicted molar refractivity (Wildman–Crippen MR) is 122 cm³/mol. The summed E-state index contributed by atoms with van der Waals surface area (Å²) in [4.78, 5) is 28.9. The molecule has 6 heteroatoms. The zero-order chi connectivity index (χ0) is 22.6. The summed E-state index contributed by atoms with van der Waals surface area (Å²) in [6.07, 6.45) is 4.63. The molecule has 1 aliphatic heterocycles. The maximum absolute atomic E-state index is 13.2. The Balaban J connectivity index is 1.69. The molecule has 170 valence electrons. The summed E-state index contributed by atoms with van der Waals surface area (Å²) >= 11 is 0. The van der Waals surface area contributed by atoms with Gasteiger partial charge < -0.3 is 14.4 Å². The maximum atomic E-state index is 13.2. The first-order chi connectivity index (χ1) is 14.7. The molecular weight excluding hydrogens is 392 g/mol. The number of ether oxygens (including phenoxy) is 2. The fourth-order valence-electron chi connectivity index (χ4n) is 4.37. The number of carbonyl (C=O) groups is 2. The third-order valence-electron chi connectivity index (χ3n) is 6.03. The average Bonchev–Trinajstić information content (AvgIpc) is 3.49. The van der Waals surface area contributed by atoms with Gasteiger partial charge in [-0.05, 0) is 52.5 Å². The minimum absolute atomic E-state index is 0.128. The zero-order valence-electron chi connectivity index (χ0n) is 19.5. The van der Waals surface area contributed by atoms with Crippen LogP contribution in [-0.2, 0) is 14.3 Å². The topological polar surface area (TPSA) is 59.1 Å². The van der Waals surface area contributed by atoms with E-state index in [4.69, 9.17) is 9.47 Å². The normalized spacial score (nSPS) is 22.7. The number of hydrogen-bond donors (Lipinski definition) is 0. The number of rotatable bonds is 6. The van der Waals surface area contributed by atoms with Crippen molar-refractivity contribution in [3.8, 4) is 0 Å². The van der Waals surface area contributed by atoms with Gasteiger partial charge in [0.15, 0.2) is 0 Å². The quantitative estimate of drug-likeness (QED) is 0.631. The molecule has 31 heavy (non-hydrogen) atoms. The van der Waals surface area contributed by atoms with Gasteiger partial charge >= 0.3 is 12.1 Å². The van der Waals surface area contributed by atoms with E-state index in [1.807, 2.05) is 43.9 Å². The molecule has 3 rings (SSSR count). The second-order valence-corrected chi connectivity index (χ2v) is 9.68. The van der Waals surface area contributed by atoms with Crippen LogP contribution in [0.4, 0.5) is 4.79 Å². The van der Waals surface area contributed by atoms with Crippen molar-refractivity contribution in [2.75, 3.05) is 26.7 Å². The SMILES string of the molecule is COC(=O)CN1CCC(N(C(=O)OC(C)(C)C)C2CC2C(C)=Cc2ccccc2)CC1. The molecule has 0 aromatic heterocycles. The van der Waals surface area contributed by atoms with Crippen LogP contribution in [0.25, 0.3) is 6.08 Å². The number of amides is 1. The van der Waals surface area contributed by atoms with Gasteiger partial charge in [-0.2, -0.15) is 0 Å². The maximum Gasteiger partial charge on any atom is 0.410 e. The smallest absolute Gasteiger partial charge is 0.410 e. The van der Waals surface area contributed by atoms with Crippen LogP contribution in [-0.4, -0.2) is 66.3 Å². The Morgan fingerprint density at radius 3 is 2.39 bits per heavy atom. The summed E-state index contributed by atoms with van der Waals surface area (Å²) in [6.45, 7) is 9.74. The summed E-state index contributed by atoms with van der Waals surface area (Å²) in [5, 5.41) is 0. The van der Waals surface area contributed by atoms with Crippen LogP contribution in [0.5, 0.6) is 0 Å². The van der Waals surface area contributed by atoms with Crippen LogP contribution in [0.3, 0.4) is 0 Å². The first-order valence-corrected chi connectivity index (χ1v) is 11.2. The van der Waals surface area contributed by atoms with Crippen LogP contribution in [0.15, 0.2) is 35.9 Å². The molecule has 1 saturated heterocycles. The second kappa shape index (κ2) is 9.86. The van der Waals surface area contributed by atoms with E-state index in [-0.39, 0.29) is 24.1 Å². The summed E-state index contributed by atoms with van der Waals surface area (Å²) in [7, 11) is 1.41. The van der Waals surface area contributed by atoms with Crippen molar-refractivity contribution in [2.45, 2.75) is 64.6 Å². The Morgan fingerprint density at radius 2 is 1.81 bits per heavy atom. The monoisotopic (exact) mass is 428 g/mol. The number of hydrogen-bond acceptors (Lipinski definition) is 5. The molecule has 0 spiro atoms. The highest BCUT2D eigenvalue weighted by atomic mass is 16.6. The van der Waals surface area contributed by atoms with E-state index in [1.54, 1.807) is 0 Å². The molecule has 2 fully saturated rings. The molecule has 1 saturated carbocycles. The lowest BCUT2D eigenvalue weighted by Gasteiger charge is -2.39. The van der Waals surface area contributed by atoms with Gasteiger partial charge in [0, 0.05) is 31.1 Å². The Hall–Kier alpha value is -2.34. The molecule has 1 heterocycles. The Labute approximate surface area is 186 Å². The summed E-state index contributed by atoms with van der Waals surface area (Å²) < 4.78 is 10.6. The largest absolute Gasteiger partial charge is 0.468 e. The summed E-state index contributed by atoms with van der Waals surface area (Å²) in [5.41, 5.74) is 1.96. The van der Waals surface area contributed by atoms with E-state index in [2.05, 4.69) is 30.0 Å². The van der Waals surface area contributed by atoms with Gasteiger partial charge in [-0.3, -0.25) is 9.69 Å². The predicted octanol–water partition coefficient (Wildman–Crippen LogP) is 4.35. The van der Waals surface area contributed by atoms with Crippen molar-refractivity contribution in [3.63, 3.8) is 0 Å². The summed E-state index contributed by atoms with van der Waals surface area (Å²) in [5.74, 6) is 0.146. The highest BCUT2D eigenvalue weighted by Crippen LogP contribution is 2.44. The van der Waals surface area contributed by atoms with E-state index in [0.29, 0.717) is 12.5 Å². The molecule has 2 atom stereocenters. The molecule has 1 amide bonds. The second-order valence-electron chi connectivity index (χ2n) is 9.68. The Kier molecular flexibility index (Phi) is 7.42. The van der Waals surface area contributed by atoms with Crippen molar-refractivity contribution >= 4 is 18.1 Å². The molecule has 0 N–H and O–H groups in total. The van der Waals surface area contributed by atoms with E-state index >= 15 is 0 Å². The first-order valence-electron chi connectivity index (χ1n) is 11.2. The van der Waals surface area contributed by atoms with Crippen molar-refractivity contribution in [3.05, 3.63) is 41.5 Å². The third kappa shape index (κ3) is 6.57. The molecule has 1 aromatic carbocycles. The standard InChI is InChI=1S/C25H36N2O4/c1-18(15-19-9-7-6-8-10-19)21-16-22(21)27(24(29)31-25(2,3)4)20-11-13-26(14-12-20)17-23(28)30-5/h6-10,15,20-22H,11-14,16-17H2,1-5H3. The Bertz CT molecular complexity index is 791. The summed E-state index contributed by atoms with van der Waals surface area (Å²) in [6, 6.07) is 10.6. The average molecular weight is 429 g/mol. The van der Waals surface area contributed by atoms with Crippen LogP contribution in [0, 0.1) is 5.92 Å². The minimum atomic E-state index is -0.528. The Morgan fingerprint density at radius 1 is 1.16 bits per heavy atom. The van der Waals surface area contributed by atoms with Gasteiger partial charge in [0.05, 0.1) is 13.7 Å². The van der Waals surface area contributed by atoms with Gasteiger partial charge in [0.25, 0.3) is 0 Å². The van der Waals surface area contributed by atoms with Gasteiger partial charge in [0.2, 0.25) is 0 Å². The number of esters is 1. The fraction of sp³-hybridized carbons (Fsp3) is 0.600. The lowest BCUT2D eigenvalue weighted by atomic mass is 10.0. The molecule has 2 unspecified atom stereocenters. The van der Waals surface area contributed by atoms with Gasteiger partial charge in [-0.15, -0.1) is 0 Å². The molecule has 6 nitrogen and oxygen atoms in total. The van der Waals surface area contributed by atoms with Crippen molar-refractivity contribution in [1.82, 2.24) is 9.80 Å². The molecule has 2 aliphatic rings. The molecule has 0 radical (unpaired) electrons. The molecule has 0 bridgehead atoms. The van der Waals surface area contributed by atoms with Crippen LogP contribution < -0.4 is 0 Å². The minimum Gasteiger partial charge on any atom is -0.468 e. The fourth-order valence-corrected chi connectivity index (χ4v) is 4.37. The number of nitrogens with zero attached hydrogens (tertiary/aromatic N) is 2. The van der Waals surface area contributed by atoms with Crippen LogP contribution in [0.1, 0.15) is 52.5 Å². The number of carbonyl (C=O) groups excluding carboxylic acids is 2. The van der Waals surface area contributed by atoms with Crippen LogP contribution in [0.2, 0.25) is 0 Å². The van der Waals surface area contributed by atoms with E-state index in [1.165, 1.54) is 18.2 Å². The lowest BCUT2D eigenvalue weighted by molar-refractivity contribution is -0.142. The third-order valence-corrected chi connectivity index (χ3v) is 6.03.